The van der Waals surface area contributed by atoms with Crippen LogP contribution < -0.4 is 0 Å². The summed E-state index contributed by atoms with van der Waals surface area (Å²) in [5, 5.41) is 1.17. The Kier molecular flexibility index (Phi) is 6.43. The number of benzene rings is 1. The molecular weight excluding hydrogens is 303 g/mol. The van der Waals surface area contributed by atoms with Gasteiger partial charge in [-0.1, -0.05) is 35.3 Å². The molecule has 1 heterocycles. The number of hydrogen-bond acceptors (Lipinski definition) is 1. The van der Waals surface area contributed by atoms with Gasteiger partial charge in [0, 0.05) is 18.8 Å². The number of H-pyrrole nitrogens is 1. The van der Waals surface area contributed by atoms with Crippen molar-refractivity contribution in [1.82, 2.24) is 9.97 Å². The number of aromatic nitrogens is 2. The topological polar surface area (TPSA) is 28.7 Å². The smallest absolute Gasteiger partial charge is 0.106 e. The van der Waals surface area contributed by atoms with Crippen molar-refractivity contribution in [1.29, 1.82) is 0 Å². The van der Waals surface area contributed by atoms with Gasteiger partial charge in [-0.15, -0.1) is 19.0 Å². The lowest BCUT2D eigenvalue weighted by atomic mass is 9.92. The van der Waals surface area contributed by atoms with Crippen LogP contribution in [-0.4, -0.2) is 9.97 Å². The van der Waals surface area contributed by atoms with Crippen LogP contribution in [0.1, 0.15) is 23.7 Å². The normalized spacial score (nSPS) is 11.7. The quantitative estimate of drug-likeness (QED) is 0.769. The minimum atomic E-state index is 0. The molecule has 1 atom stereocenters. The zero-order chi connectivity index (χ0) is 13.0. The van der Waals surface area contributed by atoms with Crippen LogP contribution in [0.3, 0.4) is 0 Å². The fourth-order valence-corrected chi connectivity index (χ4v) is 2.25. The van der Waals surface area contributed by atoms with Gasteiger partial charge in [0.2, 0.25) is 0 Å². The first kappa shape index (κ1) is 16.1. The summed E-state index contributed by atoms with van der Waals surface area (Å²) in [6.45, 7) is 3.81. The highest BCUT2D eigenvalue weighted by Crippen LogP contribution is 2.29. The summed E-state index contributed by atoms with van der Waals surface area (Å²) in [7, 11) is 0. The maximum Gasteiger partial charge on any atom is 0.106 e. The highest BCUT2D eigenvalue weighted by atomic mass is 35.5. The van der Waals surface area contributed by atoms with Crippen molar-refractivity contribution in [3.05, 3.63) is 64.7 Å². The maximum atomic E-state index is 6.06. The lowest BCUT2D eigenvalue weighted by Gasteiger charge is -2.15. The van der Waals surface area contributed by atoms with Crippen LogP contribution in [0.4, 0.5) is 0 Å². The molecule has 0 amide bonds. The van der Waals surface area contributed by atoms with Crippen molar-refractivity contribution in [3.8, 4) is 0 Å². The van der Waals surface area contributed by atoms with Gasteiger partial charge in [0.25, 0.3) is 0 Å². The van der Waals surface area contributed by atoms with Crippen LogP contribution in [-0.2, 0) is 6.42 Å². The summed E-state index contributed by atoms with van der Waals surface area (Å²) >= 11 is 12.0. The van der Waals surface area contributed by atoms with E-state index in [2.05, 4.69) is 16.5 Å². The van der Waals surface area contributed by atoms with E-state index in [4.69, 9.17) is 23.2 Å². The third-order valence-corrected chi connectivity index (χ3v) is 3.60. The van der Waals surface area contributed by atoms with Crippen molar-refractivity contribution in [3.63, 3.8) is 0 Å². The predicted molar refractivity (Wildman–Crippen MR) is 83.6 cm³/mol. The molecule has 0 saturated heterocycles. The van der Waals surface area contributed by atoms with Gasteiger partial charge >= 0.3 is 0 Å². The zero-order valence-corrected chi connectivity index (χ0v) is 12.6. The summed E-state index contributed by atoms with van der Waals surface area (Å²) in [6.07, 6.45) is 7.20. The first-order valence-corrected chi connectivity index (χ1v) is 6.50. The van der Waals surface area contributed by atoms with Crippen molar-refractivity contribution < 1.29 is 0 Å². The molecule has 2 aromatic rings. The number of nitrogens with zero attached hydrogens (tertiary/aromatic N) is 1. The number of rotatable bonds is 5. The van der Waals surface area contributed by atoms with E-state index in [0.29, 0.717) is 16.0 Å². The van der Waals surface area contributed by atoms with Crippen LogP contribution in [0, 0.1) is 0 Å². The van der Waals surface area contributed by atoms with Gasteiger partial charge in [-0.25, -0.2) is 4.98 Å². The molecule has 0 spiro atoms. The van der Waals surface area contributed by atoms with Gasteiger partial charge in [0.1, 0.15) is 5.82 Å². The Hall–Kier alpha value is -0.960. The molecule has 2 nitrogen and oxygen atoms in total. The average Bonchev–Trinajstić information content (AvgIpc) is 2.85. The molecule has 0 saturated carbocycles. The van der Waals surface area contributed by atoms with E-state index in [0.717, 1.165) is 24.2 Å². The zero-order valence-electron chi connectivity index (χ0n) is 10.3. The summed E-state index contributed by atoms with van der Waals surface area (Å²) in [4.78, 5) is 7.37. The molecule has 0 aliphatic rings. The van der Waals surface area contributed by atoms with E-state index in [9.17, 15) is 0 Å². The third-order valence-electron chi connectivity index (χ3n) is 2.86. The third kappa shape index (κ3) is 4.27. The Labute approximate surface area is 129 Å². The van der Waals surface area contributed by atoms with Gasteiger partial charge in [0.15, 0.2) is 0 Å². The van der Waals surface area contributed by atoms with Crippen molar-refractivity contribution in [2.45, 2.75) is 18.8 Å². The molecule has 19 heavy (non-hydrogen) atoms. The molecule has 2 rings (SSSR count). The Balaban J connectivity index is 0.00000180. The van der Waals surface area contributed by atoms with E-state index in [-0.39, 0.29) is 12.4 Å². The number of hydrogen-bond donors (Lipinski definition) is 1. The van der Waals surface area contributed by atoms with Crippen LogP contribution in [0.25, 0.3) is 0 Å². The van der Waals surface area contributed by atoms with Crippen LogP contribution >= 0.6 is 35.6 Å². The van der Waals surface area contributed by atoms with Gasteiger partial charge in [0.05, 0.1) is 10.0 Å². The van der Waals surface area contributed by atoms with Crippen molar-refractivity contribution in [2.75, 3.05) is 0 Å². The van der Waals surface area contributed by atoms with E-state index < -0.39 is 0 Å². The molecule has 102 valence electrons. The Morgan fingerprint density at radius 3 is 2.68 bits per heavy atom. The second-order valence-corrected chi connectivity index (χ2v) is 4.95. The first-order chi connectivity index (χ1) is 8.70. The molecule has 1 aromatic heterocycles. The number of allylic oxidation sites excluding steroid dienone is 1. The maximum absolute atomic E-state index is 6.06. The minimum absolute atomic E-state index is 0. The molecule has 0 aliphatic heterocycles. The molecule has 1 aromatic carbocycles. The van der Waals surface area contributed by atoms with Gasteiger partial charge < -0.3 is 4.98 Å². The summed E-state index contributed by atoms with van der Waals surface area (Å²) in [5.41, 5.74) is 1.15. The van der Waals surface area contributed by atoms with E-state index in [1.54, 1.807) is 6.20 Å². The minimum Gasteiger partial charge on any atom is -0.349 e. The monoisotopic (exact) mass is 316 g/mol. The lowest BCUT2D eigenvalue weighted by molar-refractivity contribution is 0.672. The summed E-state index contributed by atoms with van der Waals surface area (Å²) < 4.78 is 0. The van der Waals surface area contributed by atoms with Crippen LogP contribution in [0.15, 0.2) is 43.2 Å². The van der Waals surface area contributed by atoms with E-state index in [1.165, 1.54) is 0 Å². The van der Waals surface area contributed by atoms with E-state index >= 15 is 0 Å². The molecule has 1 N–H and O–H groups in total. The summed E-state index contributed by atoms with van der Waals surface area (Å²) in [5.74, 6) is 1.27. The molecule has 0 aliphatic carbocycles. The fraction of sp³-hybridized carbons (Fsp3) is 0.214. The Bertz CT molecular complexity index is 523. The van der Waals surface area contributed by atoms with Crippen molar-refractivity contribution in [2.24, 2.45) is 0 Å². The highest BCUT2D eigenvalue weighted by molar-refractivity contribution is 6.42. The SMILES string of the molecule is C=CCC(Cc1ncc[nH]1)c1ccc(Cl)c(Cl)c1.Cl. The second kappa shape index (κ2) is 7.59. The molecular formula is C14H15Cl3N2. The molecule has 0 fully saturated rings. The molecule has 1 unspecified atom stereocenters. The number of nitrogens with one attached hydrogen (secondary N) is 1. The molecule has 0 bridgehead atoms. The molecule has 0 radical (unpaired) electrons. The second-order valence-electron chi connectivity index (χ2n) is 4.13. The average molecular weight is 318 g/mol. The van der Waals surface area contributed by atoms with Gasteiger partial charge in [-0.2, -0.15) is 0 Å². The summed E-state index contributed by atoms with van der Waals surface area (Å²) in [6, 6.07) is 5.75. The largest absolute Gasteiger partial charge is 0.349 e. The van der Waals surface area contributed by atoms with Crippen LogP contribution in [0.2, 0.25) is 10.0 Å². The molecule has 5 heteroatoms. The van der Waals surface area contributed by atoms with Gasteiger partial charge in [-0.3, -0.25) is 0 Å². The fourth-order valence-electron chi connectivity index (χ4n) is 1.95. The first-order valence-electron chi connectivity index (χ1n) is 5.75. The number of aromatic amines is 1. The number of halogens is 3. The lowest BCUT2D eigenvalue weighted by Crippen LogP contribution is -2.03. The van der Waals surface area contributed by atoms with Crippen LogP contribution in [0.5, 0.6) is 0 Å². The van der Waals surface area contributed by atoms with E-state index in [1.807, 2.05) is 30.5 Å². The standard InChI is InChI=1S/C14H14Cl2N2.ClH/c1-2-3-10(9-14-17-6-7-18-14)11-4-5-12(15)13(16)8-11;/h2,4-8,10H,1,3,9H2,(H,17,18);1H. The predicted octanol–water partition coefficient (Wildman–Crippen LogP) is 5.04. The highest BCUT2D eigenvalue weighted by Gasteiger charge is 2.13. The Morgan fingerprint density at radius 1 is 1.32 bits per heavy atom. The number of imidazole rings is 1. The van der Waals surface area contributed by atoms with Crippen molar-refractivity contribution >= 4 is 35.6 Å². The van der Waals surface area contributed by atoms with Gasteiger partial charge in [-0.05, 0) is 30.0 Å². The Morgan fingerprint density at radius 2 is 2.11 bits per heavy atom.